The zero-order chi connectivity index (χ0) is 15.7. The van der Waals surface area contributed by atoms with Crippen LogP contribution in [0.15, 0.2) is 18.3 Å². The molecule has 1 fully saturated rings. The third-order valence-electron chi connectivity index (χ3n) is 3.31. The normalized spacial score (nSPS) is 15.1. The van der Waals surface area contributed by atoms with Gasteiger partial charge in [-0.1, -0.05) is 5.21 Å². The van der Waals surface area contributed by atoms with Gasteiger partial charge in [0.25, 0.3) is 0 Å². The molecule has 1 aromatic heterocycles. The second-order valence-corrected chi connectivity index (χ2v) is 5.94. The third kappa shape index (κ3) is 2.76. The topological polar surface area (TPSA) is 71.2 Å². The Morgan fingerprint density at radius 3 is 2.41 bits per heavy atom. The molecule has 1 saturated heterocycles. The highest BCUT2D eigenvalue weighted by Gasteiger charge is 2.21. The molecular weight excluding hydrogens is 314 g/mol. The Labute approximate surface area is 128 Å². The molecule has 0 aliphatic carbocycles. The van der Waals surface area contributed by atoms with E-state index in [1.165, 1.54) is 0 Å². The van der Waals surface area contributed by atoms with Crippen molar-refractivity contribution in [1.29, 1.82) is 0 Å². The van der Waals surface area contributed by atoms with Crippen LogP contribution in [0.4, 0.5) is 14.5 Å². The Bertz CT molecular complexity index is 693. The Morgan fingerprint density at radius 2 is 1.86 bits per heavy atom. The second kappa shape index (κ2) is 5.91. The van der Waals surface area contributed by atoms with Crippen LogP contribution in [0.2, 0.25) is 0 Å². The van der Waals surface area contributed by atoms with Crippen LogP contribution < -0.4 is 4.90 Å². The smallest absolute Gasteiger partial charge is 0.358 e. The molecule has 3 rings (SSSR count). The van der Waals surface area contributed by atoms with Crippen LogP contribution in [0.1, 0.15) is 10.5 Å². The molecule has 1 N–H and O–H groups in total. The van der Waals surface area contributed by atoms with Crippen LogP contribution in [0.3, 0.4) is 0 Å². The van der Waals surface area contributed by atoms with Gasteiger partial charge in [0.15, 0.2) is 17.3 Å². The van der Waals surface area contributed by atoms with Crippen LogP contribution in [0.5, 0.6) is 0 Å². The molecule has 0 saturated carbocycles. The van der Waals surface area contributed by atoms with E-state index in [1.807, 2.05) is 0 Å². The van der Waals surface area contributed by atoms with E-state index < -0.39 is 17.6 Å². The van der Waals surface area contributed by atoms with Gasteiger partial charge in [-0.25, -0.2) is 18.3 Å². The minimum atomic E-state index is -1.25. The lowest BCUT2D eigenvalue weighted by Crippen LogP contribution is -2.33. The van der Waals surface area contributed by atoms with Gasteiger partial charge in [0, 0.05) is 36.7 Å². The molecule has 1 aliphatic heterocycles. The van der Waals surface area contributed by atoms with Crippen molar-refractivity contribution in [2.75, 3.05) is 29.5 Å². The van der Waals surface area contributed by atoms with E-state index in [1.54, 1.807) is 16.7 Å². The van der Waals surface area contributed by atoms with Crippen LogP contribution >= 0.6 is 11.8 Å². The van der Waals surface area contributed by atoms with Gasteiger partial charge in [0.05, 0.1) is 11.9 Å². The molecule has 0 atom stereocenters. The summed E-state index contributed by atoms with van der Waals surface area (Å²) in [5, 5.41) is 15.8. The van der Waals surface area contributed by atoms with E-state index in [0.717, 1.165) is 34.5 Å². The van der Waals surface area contributed by atoms with Crippen molar-refractivity contribution < 1.29 is 18.7 Å². The number of carboxylic acid groups (broad SMARTS) is 1. The maximum absolute atomic E-state index is 14.3. The quantitative estimate of drug-likeness (QED) is 0.927. The largest absolute Gasteiger partial charge is 0.476 e. The predicted molar refractivity (Wildman–Crippen MR) is 77.8 cm³/mol. The standard InChI is InChI=1S/C13H12F2N4O2S/c14-9-5-8(19-7-11(13(20)21)16-17-19)6-10(15)12(9)18-1-3-22-4-2-18/h5-7H,1-4H2,(H,20,21). The highest BCUT2D eigenvalue weighted by atomic mass is 32.2. The summed E-state index contributed by atoms with van der Waals surface area (Å²) in [6.45, 7) is 1.18. The summed E-state index contributed by atoms with van der Waals surface area (Å²) in [7, 11) is 0. The number of hydrogen-bond donors (Lipinski definition) is 1. The van der Waals surface area contributed by atoms with E-state index in [0.29, 0.717) is 13.1 Å². The fourth-order valence-corrected chi connectivity index (χ4v) is 3.16. The van der Waals surface area contributed by atoms with Gasteiger partial charge >= 0.3 is 5.97 Å². The predicted octanol–water partition coefficient (Wildman–Crippen LogP) is 1.80. The summed E-state index contributed by atoms with van der Waals surface area (Å²) >= 11 is 1.75. The van der Waals surface area contributed by atoms with E-state index >= 15 is 0 Å². The Balaban J connectivity index is 1.95. The van der Waals surface area contributed by atoms with E-state index in [-0.39, 0.29) is 17.1 Å². The number of aromatic nitrogens is 3. The van der Waals surface area contributed by atoms with Crippen molar-refractivity contribution in [1.82, 2.24) is 15.0 Å². The summed E-state index contributed by atoms with van der Waals surface area (Å²) in [6.07, 6.45) is 1.10. The molecule has 0 amide bonds. The van der Waals surface area contributed by atoms with Crippen LogP contribution in [-0.4, -0.2) is 50.7 Å². The number of aromatic carboxylic acids is 1. The zero-order valence-electron chi connectivity index (χ0n) is 11.4. The molecule has 0 unspecified atom stereocenters. The molecule has 2 heterocycles. The van der Waals surface area contributed by atoms with E-state index in [4.69, 9.17) is 5.11 Å². The summed E-state index contributed by atoms with van der Waals surface area (Å²) in [4.78, 5) is 12.4. The van der Waals surface area contributed by atoms with Crippen molar-refractivity contribution in [3.8, 4) is 5.69 Å². The van der Waals surface area contributed by atoms with E-state index in [9.17, 15) is 13.6 Å². The Hall–Kier alpha value is -2.16. The molecule has 6 nitrogen and oxygen atoms in total. The molecule has 22 heavy (non-hydrogen) atoms. The van der Waals surface area contributed by atoms with Crippen molar-refractivity contribution in [2.24, 2.45) is 0 Å². The molecule has 0 spiro atoms. The molecule has 1 aromatic carbocycles. The number of anilines is 1. The first-order valence-electron chi connectivity index (χ1n) is 6.54. The summed E-state index contributed by atoms with van der Waals surface area (Å²) < 4.78 is 29.6. The lowest BCUT2D eigenvalue weighted by atomic mass is 10.2. The number of halogens is 2. The average Bonchev–Trinajstić information content (AvgIpc) is 2.97. The highest BCUT2D eigenvalue weighted by Crippen LogP contribution is 2.28. The van der Waals surface area contributed by atoms with Gasteiger partial charge in [-0.2, -0.15) is 11.8 Å². The third-order valence-corrected chi connectivity index (χ3v) is 4.25. The van der Waals surface area contributed by atoms with Gasteiger partial charge in [-0.3, -0.25) is 0 Å². The maximum atomic E-state index is 14.3. The van der Waals surface area contributed by atoms with Crippen molar-refractivity contribution in [2.45, 2.75) is 0 Å². The zero-order valence-corrected chi connectivity index (χ0v) is 12.2. The summed E-state index contributed by atoms with van der Waals surface area (Å²) in [6, 6.07) is 2.25. The molecule has 116 valence electrons. The molecule has 0 radical (unpaired) electrons. The van der Waals surface area contributed by atoms with Gasteiger partial charge in [0.2, 0.25) is 0 Å². The number of thioether (sulfide) groups is 1. The number of hydrogen-bond acceptors (Lipinski definition) is 5. The minimum Gasteiger partial charge on any atom is -0.476 e. The molecular formula is C13H12F2N4O2S. The number of nitrogens with zero attached hydrogens (tertiary/aromatic N) is 4. The Kier molecular flexibility index (Phi) is 3.97. The lowest BCUT2D eigenvalue weighted by molar-refractivity contribution is 0.0690. The molecule has 9 heteroatoms. The summed E-state index contributed by atoms with van der Waals surface area (Å²) in [5.41, 5.74) is -0.259. The highest BCUT2D eigenvalue weighted by molar-refractivity contribution is 7.99. The lowest BCUT2D eigenvalue weighted by Gasteiger charge is -2.29. The van der Waals surface area contributed by atoms with Crippen LogP contribution in [-0.2, 0) is 0 Å². The Morgan fingerprint density at radius 1 is 1.23 bits per heavy atom. The van der Waals surface area contributed by atoms with Gasteiger partial charge in [0.1, 0.15) is 5.69 Å². The van der Waals surface area contributed by atoms with Crippen molar-refractivity contribution in [3.05, 3.63) is 35.7 Å². The van der Waals surface area contributed by atoms with Crippen LogP contribution in [0.25, 0.3) is 5.69 Å². The monoisotopic (exact) mass is 326 g/mol. The minimum absolute atomic E-state index is 0.0531. The van der Waals surface area contributed by atoms with Crippen LogP contribution in [0, 0.1) is 11.6 Å². The summed E-state index contributed by atoms with van der Waals surface area (Å²) in [5.74, 6) is -1.00. The molecule has 1 aliphatic rings. The fraction of sp³-hybridized carbons (Fsp3) is 0.308. The first kappa shape index (κ1) is 14.8. The number of carbonyl (C=O) groups is 1. The first-order valence-corrected chi connectivity index (χ1v) is 7.69. The van der Waals surface area contributed by atoms with Gasteiger partial charge < -0.3 is 10.0 Å². The molecule has 2 aromatic rings. The molecule has 0 bridgehead atoms. The second-order valence-electron chi connectivity index (χ2n) is 4.71. The van der Waals surface area contributed by atoms with Crippen molar-refractivity contribution in [3.63, 3.8) is 0 Å². The van der Waals surface area contributed by atoms with Crippen molar-refractivity contribution >= 4 is 23.4 Å². The maximum Gasteiger partial charge on any atom is 0.358 e. The fourth-order valence-electron chi connectivity index (χ4n) is 2.26. The van der Waals surface area contributed by atoms with Gasteiger partial charge in [-0.05, 0) is 0 Å². The van der Waals surface area contributed by atoms with E-state index in [2.05, 4.69) is 10.3 Å². The number of carboxylic acids is 1. The average molecular weight is 326 g/mol. The number of rotatable bonds is 3. The SMILES string of the molecule is O=C(O)c1cn(-c2cc(F)c(N3CCSCC3)c(F)c2)nn1. The number of benzene rings is 1. The first-order chi connectivity index (χ1) is 10.6. The van der Waals surface area contributed by atoms with Gasteiger partial charge in [-0.15, -0.1) is 5.10 Å².